The number of nitrogens with zero attached hydrogens (tertiary/aromatic N) is 1. The molecular formula is C15H24N2O2. The highest BCUT2D eigenvalue weighted by Crippen LogP contribution is 2.26. The molecule has 1 fully saturated rings. The molecule has 1 aliphatic rings. The van der Waals surface area contributed by atoms with Gasteiger partial charge >= 0.3 is 0 Å². The Bertz CT molecular complexity index is 423. The summed E-state index contributed by atoms with van der Waals surface area (Å²) in [5.41, 5.74) is 1.09. The molecule has 1 aromatic rings. The lowest BCUT2D eigenvalue weighted by atomic mass is 9.94. The van der Waals surface area contributed by atoms with Crippen molar-refractivity contribution in [3.8, 4) is 11.5 Å². The van der Waals surface area contributed by atoms with E-state index < -0.39 is 0 Å². The zero-order valence-electron chi connectivity index (χ0n) is 12.0. The number of likely N-dealkylation sites (tertiary alicyclic amines) is 1. The maximum absolute atomic E-state index is 9.76. The van der Waals surface area contributed by atoms with E-state index in [0.717, 1.165) is 25.2 Å². The van der Waals surface area contributed by atoms with Crippen LogP contribution in [0.4, 0.5) is 0 Å². The third-order valence-corrected chi connectivity index (χ3v) is 3.92. The second kappa shape index (κ2) is 6.26. The number of piperidine rings is 1. The predicted molar refractivity (Wildman–Crippen MR) is 76.6 cm³/mol. The van der Waals surface area contributed by atoms with Crippen LogP contribution in [0.1, 0.15) is 18.9 Å². The first-order valence-corrected chi connectivity index (χ1v) is 6.88. The fraction of sp³-hybridized carbons (Fsp3) is 0.600. The normalized spacial score (nSPS) is 24.4. The minimum atomic E-state index is 0.207. The summed E-state index contributed by atoms with van der Waals surface area (Å²) in [4.78, 5) is 2.38. The van der Waals surface area contributed by atoms with Crippen LogP contribution < -0.4 is 10.1 Å². The van der Waals surface area contributed by atoms with Gasteiger partial charge in [0.15, 0.2) is 11.5 Å². The SMILES string of the molecule is COc1ccc(CNC2CCN(C)CC2C)cc1O. The highest BCUT2D eigenvalue weighted by molar-refractivity contribution is 5.41. The molecule has 2 rings (SSSR count). The molecule has 1 aromatic carbocycles. The Morgan fingerprint density at radius 3 is 2.89 bits per heavy atom. The molecule has 4 nitrogen and oxygen atoms in total. The highest BCUT2D eigenvalue weighted by atomic mass is 16.5. The summed E-state index contributed by atoms with van der Waals surface area (Å²) in [5, 5.41) is 13.3. The smallest absolute Gasteiger partial charge is 0.160 e. The van der Waals surface area contributed by atoms with E-state index >= 15 is 0 Å². The van der Waals surface area contributed by atoms with Gasteiger partial charge < -0.3 is 20.1 Å². The average molecular weight is 264 g/mol. The van der Waals surface area contributed by atoms with Gasteiger partial charge in [0.25, 0.3) is 0 Å². The number of phenols is 1. The van der Waals surface area contributed by atoms with Crippen LogP contribution in [0.15, 0.2) is 18.2 Å². The van der Waals surface area contributed by atoms with E-state index in [1.54, 1.807) is 13.2 Å². The van der Waals surface area contributed by atoms with Gasteiger partial charge in [-0.05, 0) is 43.6 Å². The molecular weight excluding hydrogens is 240 g/mol. The van der Waals surface area contributed by atoms with Gasteiger partial charge in [-0.1, -0.05) is 13.0 Å². The lowest BCUT2D eigenvalue weighted by Crippen LogP contribution is -2.46. The van der Waals surface area contributed by atoms with E-state index in [1.165, 1.54) is 6.42 Å². The van der Waals surface area contributed by atoms with Crippen molar-refractivity contribution in [1.29, 1.82) is 0 Å². The maximum Gasteiger partial charge on any atom is 0.160 e. The van der Waals surface area contributed by atoms with E-state index in [1.807, 2.05) is 12.1 Å². The Morgan fingerprint density at radius 2 is 2.26 bits per heavy atom. The van der Waals surface area contributed by atoms with Crippen LogP contribution in [0.25, 0.3) is 0 Å². The molecule has 1 aliphatic heterocycles. The van der Waals surface area contributed by atoms with E-state index in [9.17, 15) is 5.11 Å². The van der Waals surface area contributed by atoms with Gasteiger partial charge in [0, 0.05) is 19.1 Å². The third kappa shape index (κ3) is 3.61. The molecule has 2 unspecified atom stereocenters. The summed E-state index contributed by atoms with van der Waals surface area (Å²) in [7, 11) is 3.74. The van der Waals surface area contributed by atoms with Crippen molar-refractivity contribution >= 4 is 0 Å². The van der Waals surface area contributed by atoms with Gasteiger partial charge in [-0.15, -0.1) is 0 Å². The van der Waals surface area contributed by atoms with Crippen molar-refractivity contribution in [3.05, 3.63) is 23.8 Å². The molecule has 0 bridgehead atoms. The Morgan fingerprint density at radius 1 is 1.47 bits per heavy atom. The lowest BCUT2D eigenvalue weighted by molar-refractivity contribution is 0.174. The van der Waals surface area contributed by atoms with Crippen LogP contribution in [-0.2, 0) is 6.54 Å². The van der Waals surface area contributed by atoms with Crippen LogP contribution in [0, 0.1) is 5.92 Å². The number of hydrogen-bond donors (Lipinski definition) is 2. The van der Waals surface area contributed by atoms with Crippen molar-refractivity contribution in [2.75, 3.05) is 27.2 Å². The molecule has 1 saturated heterocycles. The van der Waals surface area contributed by atoms with Crippen molar-refractivity contribution in [2.24, 2.45) is 5.92 Å². The largest absolute Gasteiger partial charge is 0.504 e. The van der Waals surface area contributed by atoms with Gasteiger partial charge in [0.05, 0.1) is 7.11 Å². The zero-order chi connectivity index (χ0) is 13.8. The quantitative estimate of drug-likeness (QED) is 0.871. The molecule has 2 N–H and O–H groups in total. The Balaban J connectivity index is 1.90. The minimum absolute atomic E-state index is 0.207. The number of benzene rings is 1. The summed E-state index contributed by atoms with van der Waals surface area (Å²) in [6.45, 7) is 5.37. The molecule has 106 valence electrons. The van der Waals surface area contributed by atoms with Crippen molar-refractivity contribution < 1.29 is 9.84 Å². The number of hydrogen-bond acceptors (Lipinski definition) is 4. The monoisotopic (exact) mass is 264 g/mol. The van der Waals surface area contributed by atoms with Crippen molar-refractivity contribution in [3.63, 3.8) is 0 Å². The third-order valence-electron chi connectivity index (χ3n) is 3.92. The molecule has 0 aliphatic carbocycles. The van der Waals surface area contributed by atoms with E-state index in [2.05, 4.69) is 24.2 Å². The number of nitrogens with one attached hydrogen (secondary N) is 1. The van der Waals surface area contributed by atoms with E-state index in [-0.39, 0.29) is 5.75 Å². The average Bonchev–Trinajstić information content (AvgIpc) is 2.38. The van der Waals surface area contributed by atoms with Crippen LogP contribution in [-0.4, -0.2) is 43.3 Å². The van der Waals surface area contributed by atoms with E-state index in [4.69, 9.17) is 4.74 Å². The molecule has 0 spiro atoms. The molecule has 0 saturated carbocycles. The molecule has 1 heterocycles. The molecule has 0 radical (unpaired) electrons. The number of rotatable bonds is 4. The van der Waals surface area contributed by atoms with Crippen LogP contribution in [0.3, 0.4) is 0 Å². The first-order valence-electron chi connectivity index (χ1n) is 6.88. The second-order valence-electron chi connectivity index (χ2n) is 5.52. The van der Waals surface area contributed by atoms with Crippen molar-refractivity contribution in [1.82, 2.24) is 10.2 Å². The Hall–Kier alpha value is -1.26. The summed E-state index contributed by atoms with van der Waals surface area (Å²) in [6.07, 6.45) is 1.18. The first-order chi connectivity index (χ1) is 9.10. The number of methoxy groups -OCH3 is 1. The molecule has 19 heavy (non-hydrogen) atoms. The Labute approximate surface area is 115 Å². The number of phenolic OH excluding ortho intramolecular Hbond substituents is 1. The zero-order valence-corrected chi connectivity index (χ0v) is 12.0. The summed E-state index contributed by atoms with van der Waals surface area (Å²) >= 11 is 0. The topological polar surface area (TPSA) is 44.7 Å². The standard InChI is InChI=1S/C15H24N2O2/c1-11-10-17(2)7-6-13(11)16-9-12-4-5-15(19-3)14(18)8-12/h4-5,8,11,13,16,18H,6-7,9-10H2,1-3H3. The summed E-state index contributed by atoms with van der Waals surface area (Å²) in [6, 6.07) is 6.13. The van der Waals surface area contributed by atoms with Gasteiger partial charge in [-0.2, -0.15) is 0 Å². The fourth-order valence-electron chi connectivity index (χ4n) is 2.75. The molecule has 0 amide bonds. The number of ether oxygens (including phenoxy) is 1. The molecule has 2 atom stereocenters. The van der Waals surface area contributed by atoms with Gasteiger partial charge in [0.2, 0.25) is 0 Å². The minimum Gasteiger partial charge on any atom is -0.504 e. The van der Waals surface area contributed by atoms with Gasteiger partial charge in [-0.3, -0.25) is 0 Å². The fourth-order valence-corrected chi connectivity index (χ4v) is 2.75. The Kier molecular flexibility index (Phi) is 4.66. The summed E-state index contributed by atoms with van der Waals surface area (Å²) < 4.78 is 5.05. The van der Waals surface area contributed by atoms with E-state index in [0.29, 0.717) is 17.7 Å². The first kappa shape index (κ1) is 14.2. The molecule has 0 aromatic heterocycles. The highest BCUT2D eigenvalue weighted by Gasteiger charge is 2.23. The van der Waals surface area contributed by atoms with Crippen LogP contribution in [0.5, 0.6) is 11.5 Å². The summed E-state index contributed by atoms with van der Waals surface area (Å²) in [5.74, 6) is 1.39. The maximum atomic E-state index is 9.76. The van der Waals surface area contributed by atoms with Crippen molar-refractivity contribution in [2.45, 2.75) is 25.9 Å². The second-order valence-corrected chi connectivity index (χ2v) is 5.52. The molecule has 4 heteroatoms. The predicted octanol–water partition coefficient (Wildman–Crippen LogP) is 1.83. The van der Waals surface area contributed by atoms with Crippen LogP contribution >= 0.6 is 0 Å². The lowest BCUT2D eigenvalue weighted by Gasteiger charge is -2.35. The number of aromatic hydroxyl groups is 1. The van der Waals surface area contributed by atoms with Crippen LogP contribution in [0.2, 0.25) is 0 Å². The van der Waals surface area contributed by atoms with Gasteiger partial charge in [-0.25, -0.2) is 0 Å². The van der Waals surface area contributed by atoms with Gasteiger partial charge in [0.1, 0.15) is 0 Å².